The number of hydrogen-bond acceptors (Lipinski definition) is 4. The molecule has 0 atom stereocenters. The smallest absolute Gasteiger partial charge is 0.128 e. The van der Waals surface area contributed by atoms with Crippen LogP contribution in [-0.4, -0.2) is 24.2 Å². The Morgan fingerprint density at radius 2 is 2.17 bits per heavy atom. The minimum Gasteiger partial charge on any atom is -0.497 e. The predicted octanol–water partition coefficient (Wildman–Crippen LogP) is 2.16. The van der Waals surface area contributed by atoms with Crippen LogP contribution in [0.2, 0.25) is 0 Å². The van der Waals surface area contributed by atoms with Gasteiger partial charge in [-0.15, -0.1) is 0 Å². The Balaban J connectivity index is 2.44. The lowest BCUT2D eigenvalue weighted by Gasteiger charge is -2.08. The molecule has 0 bridgehead atoms. The summed E-state index contributed by atoms with van der Waals surface area (Å²) in [6.45, 7) is 0. The number of aromatic nitrogens is 2. The maximum Gasteiger partial charge on any atom is 0.128 e. The van der Waals surface area contributed by atoms with E-state index in [1.54, 1.807) is 20.4 Å². The number of benzene rings is 1. The quantitative estimate of drug-likeness (QED) is 0.893. The van der Waals surface area contributed by atoms with Crippen LogP contribution in [0.15, 0.2) is 24.4 Å². The van der Waals surface area contributed by atoms with Gasteiger partial charge in [-0.3, -0.25) is 0 Å². The lowest BCUT2D eigenvalue weighted by Crippen LogP contribution is -1.91. The van der Waals surface area contributed by atoms with Crippen LogP contribution < -0.4 is 9.47 Å². The zero-order chi connectivity index (χ0) is 13.0. The van der Waals surface area contributed by atoms with Gasteiger partial charge >= 0.3 is 0 Å². The topological polar surface area (TPSA) is 70.9 Å². The van der Waals surface area contributed by atoms with Gasteiger partial charge in [0, 0.05) is 5.56 Å². The van der Waals surface area contributed by atoms with Crippen LogP contribution in [0.5, 0.6) is 11.5 Å². The first kappa shape index (κ1) is 12.0. The molecule has 1 aromatic carbocycles. The zero-order valence-electron chi connectivity index (χ0n) is 10.2. The average Bonchev–Trinajstić information content (AvgIpc) is 2.87. The SMILES string of the molecule is COc1ccc(OC)c(-c2cnc(CC#N)[nH]2)c1. The van der Waals surface area contributed by atoms with Gasteiger partial charge in [-0.2, -0.15) is 5.26 Å². The van der Waals surface area contributed by atoms with E-state index in [1.807, 2.05) is 18.2 Å². The highest BCUT2D eigenvalue weighted by Crippen LogP contribution is 2.32. The Morgan fingerprint density at radius 3 is 2.83 bits per heavy atom. The molecule has 0 saturated heterocycles. The van der Waals surface area contributed by atoms with Crippen molar-refractivity contribution in [2.45, 2.75) is 6.42 Å². The summed E-state index contributed by atoms with van der Waals surface area (Å²) in [7, 11) is 3.22. The van der Waals surface area contributed by atoms with Gasteiger partial charge in [0.15, 0.2) is 0 Å². The number of nitrogens with one attached hydrogen (secondary N) is 1. The molecule has 5 heteroatoms. The number of nitriles is 1. The van der Waals surface area contributed by atoms with E-state index in [2.05, 4.69) is 16.0 Å². The molecule has 0 aliphatic carbocycles. The highest BCUT2D eigenvalue weighted by atomic mass is 16.5. The molecule has 2 rings (SSSR count). The van der Waals surface area contributed by atoms with E-state index < -0.39 is 0 Å². The molecule has 92 valence electrons. The molecule has 2 aromatic rings. The normalized spacial score (nSPS) is 9.83. The number of aromatic amines is 1. The Bertz CT molecular complexity index is 584. The first-order valence-electron chi connectivity index (χ1n) is 5.41. The fourth-order valence-electron chi connectivity index (χ4n) is 1.69. The zero-order valence-corrected chi connectivity index (χ0v) is 10.2. The largest absolute Gasteiger partial charge is 0.497 e. The van der Waals surface area contributed by atoms with Crippen molar-refractivity contribution >= 4 is 0 Å². The third kappa shape index (κ3) is 2.28. The molecule has 0 aliphatic heterocycles. The molecule has 0 amide bonds. The van der Waals surface area contributed by atoms with Gasteiger partial charge < -0.3 is 14.5 Å². The van der Waals surface area contributed by atoms with Crippen molar-refractivity contribution in [2.75, 3.05) is 14.2 Å². The van der Waals surface area contributed by atoms with Crippen molar-refractivity contribution in [1.82, 2.24) is 9.97 Å². The standard InChI is InChI=1S/C13H13N3O2/c1-17-9-3-4-12(18-2)10(7-9)11-8-15-13(16-11)5-6-14/h3-4,7-8H,5H2,1-2H3,(H,15,16). The van der Waals surface area contributed by atoms with Gasteiger partial charge in [-0.05, 0) is 18.2 Å². The van der Waals surface area contributed by atoms with E-state index in [9.17, 15) is 0 Å². The highest BCUT2D eigenvalue weighted by molar-refractivity contribution is 5.68. The molecular formula is C13H13N3O2. The fourth-order valence-corrected chi connectivity index (χ4v) is 1.69. The molecule has 0 radical (unpaired) electrons. The third-order valence-corrected chi connectivity index (χ3v) is 2.57. The summed E-state index contributed by atoms with van der Waals surface area (Å²) in [5, 5.41) is 8.63. The molecular weight excluding hydrogens is 230 g/mol. The molecule has 1 aromatic heterocycles. The van der Waals surface area contributed by atoms with E-state index in [-0.39, 0.29) is 6.42 Å². The Kier molecular flexibility index (Phi) is 3.49. The number of nitrogens with zero attached hydrogens (tertiary/aromatic N) is 2. The summed E-state index contributed by atoms with van der Waals surface area (Å²) in [6, 6.07) is 7.57. The second kappa shape index (κ2) is 5.23. The molecule has 5 nitrogen and oxygen atoms in total. The summed E-state index contributed by atoms with van der Waals surface area (Å²) in [5.41, 5.74) is 1.66. The minimum absolute atomic E-state index is 0.256. The lowest BCUT2D eigenvalue weighted by molar-refractivity contribution is 0.404. The molecule has 1 N–H and O–H groups in total. The van der Waals surface area contributed by atoms with Gasteiger partial charge in [-0.25, -0.2) is 4.98 Å². The van der Waals surface area contributed by atoms with Gasteiger partial charge in [0.1, 0.15) is 17.3 Å². The van der Waals surface area contributed by atoms with Gasteiger partial charge in [0.25, 0.3) is 0 Å². The molecule has 0 saturated carbocycles. The Labute approximate surface area is 105 Å². The fraction of sp³-hybridized carbons (Fsp3) is 0.231. The number of rotatable bonds is 4. The molecule has 0 fully saturated rings. The monoisotopic (exact) mass is 243 g/mol. The minimum atomic E-state index is 0.256. The van der Waals surface area contributed by atoms with Crippen LogP contribution in [0, 0.1) is 11.3 Å². The van der Waals surface area contributed by atoms with Crippen LogP contribution in [0.4, 0.5) is 0 Å². The molecule has 0 spiro atoms. The molecule has 0 aliphatic rings. The van der Waals surface area contributed by atoms with Gasteiger partial charge in [0.05, 0.1) is 38.6 Å². The number of imidazole rings is 1. The van der Waals surface area contributed by atoms with Crippen molar-refractivity contribution in [1.29, 1.82) is 5.26 Å². The summed E-state index contributed by atoms with van der Waals surface area (Å²) in [5.74, 6) is 2.10. The van der Waals surface area contributed by atoms with Crippen LogP contribution in [0.1, 0.15) is 5.82 Å². The van der Waals surface area contributed by atoms with E-state index >= 15 is 0 Å². The van der Waals surface area contributed by atoms with Crippen LogP contribution >= 0.6 is 0 Å². The van der Waals surface area contributed by atoms with Crippen LogP contribution in [0.3, 0.4) is 0 Å². The maximum absolute atomic E-state index is 8.63. The first-order chi connectivity index (χ1) is 8.78. The van der Waals surface area contributed by atoms with Crippen molar-refractivity contribution in [2.24, 2.45) is 0 Å². The Morgan fingerprint density at radius 1 is 1.33 bits per heavy atom. The van der Waals surface area contributed by atoms with Crippen LogP contribution in [0.25, 0.3) is 11.3 Å². The highest BCUT2D eigenvalue weighted by Gasteiger charge is 2.10. The summed E-state index contributed by atoms with van der Waals surface area (Å²) in [6.07, 6.45) is 1.94. The van der Waals surface area contributed by atoms with Gasteiger partial charge in [0.2, 0.25) is 0 Å². The Hall–Kier alpha value is -2.48. The van der Waals surface area contributed by atoms with E-state index in [1.165, 1.54) is 0 Å². The van der Waals surface area contributed by atoms with Crippen molar-refractivity contribution in [3.05, 3.63) is 30.2 Å². The van der Waals surface area contributed by atoms with Crippen molar-refractivity contribution < 1.29 is 9.47 Å². The summed E-state index contributed by atoms with van der Waals surface area (Å²) >= 11 is 0. The maximum atomic E-state index is 8.63. The average molecular weight is 243 g/mol. The molecule has 0 unspecified atom stereocenters. The second-order valence-corrected chi connectivity index (χ2v) is 3.64. The van der Waals surface area contributed by atoms with E-state index in [4.69, 9.17) is 14.7 Å². The number of methoxy groups -OCH3 is 2. The van der Waals surface area contributed by atoms with Crippen LogP contribution in [-0.2, 0) is 6.42 Å². The number of ether oxygens (including phenoxy) is 2. The molecule has 18 heavy (non-hydrogen) atoms. The lowest BCUT2D eigenvalue weighted by atomic mass is 10.1. The third-order valence-electron chi connectivity index (χ3n) is 2.57. The predicted molar refractivity (Wildman–Crippen MR) is 66.4 cm³/mol. The van der Waals surface area contributed by atoms with Crippen molar-refractivity contribution in [3.63, 3.8) is 0 Å². The van der Waals surface area contributed by atoms with Gasteiger partial charge in [-0.1, -0.05) is 0 Å². The molecule has 1 heterocycles. The number of hydrogen-bond donors (Lipinski definition) is 1. The summed E-state index contributed by atoms with van der Waals surface area (Å²) in [4.78, 5) is 7.23. The van der Waals surface area contributed by atoms with E-state index in [0.717, 1.165) is 22.8 Å². The van der Waals surface area contributed by atoms with Crippen molar-refractivity contribution in [3.8, 4) is 28.8 Å². The first-order valence-corrected chi connectivity index (χ1v) is 5.41. The second-order valence-electron chi connectivity index (χ2n) is 3.64. The summed E-state index contributed by atoms with van der Waals surface area (Å²) < 4.78 is 10.5. The number of H-pyrrole nitrogens is 1. The van der Waals surface area contributed by atoms with E-state index in [0.29, 0.717) is 5.82 Å².